The Labute approximate surface area is 205 Å². The molecule has 35 heavy (non-hydrogen) atoms. The molecule has 1 aromatic carbocycles. The Kier molecular flexibility index (Phi) is 8.17. The van der Waals surface area contributed by atoms with Crippen LogP contribution in [-0.2, 0) is 16.1 Å². The van der Waals surface area contributed by atoms with E-state index in [2.05, 4.69) is 24.5 Å². The van der Waals surface area contributed by atoms with E-state index < -0.39 is 23.4 Å². The summed E-state index contributed by atoms with van der Waals surface area (Å²) in [4.78, 5) is 40.8. The van der Waals surface area contributed by atoms with E-state index in [0.717, 1.165) is 5.56 Å². The molecule has 0 spiro atoms. The van der Waals surface area contributed by atoms with Crippen molar-refractivity contribution in [2.24, 2.45) is 0 Å². The normalized spacial score (nSPS) is 12.3. The maximum Gasteiger partial charge on any atom is 0.287 e. The van der Waals surface area contributed by atoms with Gasteiger partial charge in [-0.3, -0.25) is 14.4 Å². The topological polar surface area (TPSA) is 105 Å². The predicted molar refractivity (Wildman–Crippen MR) is 131 cm³/mol. The van der Waals surface area contributed by atoms with Gasteiger partial charge in [-0.05, 0) is 62.1 Å². The van der Waals surface area contributed by atoms with Crippen molar-refractivity contribution in [1.82, 2.24) is 15.5 Å². The summed E-state index contributed by atoms with van der Waals surface area (Å²) in [7, 11) is 0. The molecule has 2 N–H and O–H groups in total. The zero-order valence-electron chi connectivity index (χ0n) is 20.8. The Hall–Kier alpha value is -3.81. The molecule has 0 bridgehead atoms. The number of carbonyl (C=O) groups excluding carboxylic acids is 3. The Balaban J connectivity index is 1.94. The predicted octanol–water partition coefficient (Wildman–Crippen LogP) is 4.41. The van der Waals surface area contributed by atoms with E-state index in [0.29, 0.717) is 17.2 Å². The smallest absolute Gasteiger partial charge is 0.287 e. The largest absolute Gasteiger partial charge is 0.467 e. The second-order valence-electron chi connectivity index (χ2n) is 9.72. The Morgan fingerprint density at radius 1 is 0.914 bits per heavy atom. The molecular weight excluding hydrogens is 446 g/mol. The van der Waals surface area contributed by atoms with Crippen molar-refractivity contribution in [3.05, 3.63) is 83.7 Å². The second-order valence-corrected chi connectivity index (χ2v) is 9.72. The minimum Gasteiger partial charge on any atom is -0.467 e. The first-order valence-electron chi connectivity index (χ1n) is 11.6. The molecule has 0 saturated heterocycles. The lowest BCUT2D eigenvalue weighted by Crippen LogP contribution is -2.50. The third kappa shape index (κ3) is 7.09. The SMILES string of the molecule is CC(C)c1ccc([C@H](C(=O)NC(C)(C)C)N(Cc2ccco2)C(=O)CNC(=O)c2ccco2)cc1. The first-order valence-corrected chi connectivity index (χ1v) is 11.6. The number of nitrogens with zero attached hydrogens (tertiary/aromatic N) is 1. The summed E-state index contributed by atoms with van der Waals surface area (Å²) < 4.78 is 10.6. The molecule has 2 heterocycles. The zero-order valence-corrected chi connectivity index (χ0v) is 20.8. The first-order chi connectivity index (χ1) is 16.5. The van der Waals surface area contributed by atoms with Gasteiger partial charge < -0.3 is 24.4 Å². The Bertz CT molecular complexity index is 1110. The van der Waals surface area contributed by atoms with Crippen molar-refractivity contribution in [1.29, 1.82) is 0 Å². The van der Waals surface area contributed by atoms with Crippen LogP contribution in [0.1, 0.15) is 74.0 Å². The minimum absolute atomic E-state index is 0.0522. The van der Waals surface area contributed by atoms with E-state index in [1.54, 1.807) is 18.2 Å². The molecule has 8 nitrogen and oxygen atoms in total. The highest BCUT2D eigenvalue weighted by Crippen LogP contribution is 2.27. The van der Waals surface area contributed by atoms with Crippen LogP contribution in [0.2, 0.25) is 0 Å². The maximum absolute atomic E-state index is 13.5. The highest BCUT2D eigenvalue weighted by Gasteiger charge is 2.34. The van der Waals surface area contributed by atoms with Gasteiger partial charge in [0.15, 0.2) is 5.76 Å². The van der Waals surface area contributed by atoms with Gasteiger partial charge in [0.05, 0.1) is 25.6 Å². The quantitative estimate of drug-likeness (QED) is 0.473. The maximum atomic E-state index is 13.5. The van der Waals surface area contributed by atoms with Gasteiger partial charge in [-0.15, -0.1) is 0 Å². The van der Waals surface area contributed by atoms with Crippen LogP contribution in [0, 0.1) is 0 Å². The van der Waals surface area contributed by atoms with Gasteiger partial charge in [0.2, 0.25) is 11.8 Å². The van der Waals surface area contributed by atoms with Gasteiger partial charge in [0.1, 0.15) is 11.8 Å². The van der Waals surface area contributed by atoms with Crippen molar-refractivity contribution in [2.75, 3.05) is 6.54 Å². The van der Waals surface area contributed by atoms with E-state index >= 15 is 0 Å². The standard InChI is InChI=1S/C27H33N3O5/c1-18(2)19-10-12-20(13-11-19)24(26(33)29-27(3,4)5)30(17-21-8-6-14-34-21)23(31)16-28-25(32)22-9-7-15-35-22/h6-15,18,24H,16-17H2,1-5H3,(H,28,32)(H,29,33)/t24-/m1/s1. The fourth-order valence-electron chi connectivity index (χ4n) is 3.62. The van der Waals surface area contributed by atoms with Crippen LogP contribution in [0.4, 0.5) is 0 Å². The third-order valence-corrected chi connectivity index (χ3v) is 5.35. The summed E-state index contributed by atoms with van der Waals surface area (Å²) in [6.07, 6.45) is 2.89. The van der Waals surface area contributed by atoms with Crippen molar-refractivity contribution in [3.63, 3.8) is 0 Å². The second kappa shape index (κ2) is 11.1. The lowest BCUT2D eigenvalue weighted by Gasteiger charge is -2.33. The fourth-order valence-corrected chi connectivity index (χ4v) is 3.62. The number of amides is 3. The number of hydrogen-bond acceptors (Lipinski definition) is 5. The Morgan fingerprint density at radius 2 is 1.54 bits per heavy atom. The van der Waals surface area contributed by atoms with E-state index in [1.165, 1.54) is 23.5 Å². The number of carbonyl (C=O) groups is 3. The van der Waals surface area contributed by atoms with Crippen LogP contribution < -0.4 is 10.6 Å². The first kappa shape index (κ1) is 25.8. The molecule has 2 aromatic heterocycles. The number of furan rings is 2. The van der Waals surface area contributed by atoms with Crippen LogP contribution in [0.25, 0.3) is 0 Å². The highest BCUT2D eigenvalue weighted by atomic mass is 16.3. The Morgan fingerprint density at radius 3 is 2.09 bits per heavy atom. The summed E-state index contributed by atoms with van der Waals surface area (Å²) in [6.45, 7) is 9.56. The lowest BCUT2D eigenvalue weighted by atomic mass is 9.97. The number of hydrogen-bond donors (Lipinski definition) is 2. The summed E-state index contributed by atoms with van der Waals surface area (Å²) in [5.74, 6) is -0.345. The van der Waals surface area contributed by atoms with E-state index in [1.807, 2.05) is 45.0 Å². The van der Waals surface area contributed by atoms with E-state index in [-0.39, 0.29) is 24.8 Å². The van der Waals surface area contributed by atoms with E-state index in [4.69, 9.17) is 8.83 Å². The number of rotatable bonds is 9. The van der Waals surface area contributed by atoms with Gasteiger partial charge in [0.25, 0.3) is 5.91 Å². The summed E-state index contributed by atoms with van der Waals surface area (Å²) in [6, 6.07) is 13.3. The molecule has 3 rings (SSSR count). The summed E-state index contributed by atoms with van der Waals surface area (Å²) in [5.41, 5.74) is 1.27. The molecule has 0 fully saturated rings. The van der Waals surface area contributed by atoms with Crippen molar-refractivity contribution < 1.29 is 23.2 Å². The molecule has 0 aliphatic carbocycles. The number of benzene rings is 1. The molecule has 186 valence electrons. The molecule has 1 atom stereocenters. The van der Waals surface area contributed by atoms with E-state index in [9.17, 15) is 14.4 Å². The average Bonchev–Trinajstić information content (AvgIpc) is 3.50. The third-order valence-electron chi connectivity index (χ3n) is 5.35. The van der Waals surface area contributed by atoms with Crippen LogP contribution in [0.15, 0.2) is 69.9 Å². The molecule has 8 heteroatoms. The summed E-state index contributed by atoms with van der Waals surface area (Å²) >= 11 is 0. The minimum atomic E-state index is -0.937. The molecule has 0 aliphatic heterocycles. The molecule has 0 radical (unpaired) electrons. The van der Waals surface area contributed by atoms with Crippen LogP contribution in [0.3, 0.4) is 0 Å². The molecular formula is C27H33N3O5. The summed E-state index contributed by atoms with van der Waals surface area (Å²) in [5, 5.41) is 5.57. The zero-order chi connectivity index (χ0) is 25.6. The lowest BCUT2D eigenvalue weighted by molar-refractivity contribution is -0.141. The monoisotopic (exact) mass is 479 g/mol. The molecule has 0 aliphatic rings. The van der Waals surface area contributed by atoms with Crippen LogP contribution >= 0.6 is 0 Å². The van der Waals surface area contributed by atoms with Gasteiger partial charge >= 0.3 is 0 Å². The molecule has 3 amide bonds. The van der Waals surface area contributed by atoms with Gasteiger partial charge in [-0.2, -0.15) is 0 Å². The van der Waals surface area contributed by atoms with Crippen molar-refractivity contribution in [3.8, 4) is 0 Å². The van der Waals surface area contributed by atoms with Gasteiger partial charge in [-0.1, -0.05) is 38.1 Å². The fraction of sp³-hybridized carbons (Fsp3) is 0.370. The van der Waals surface area contributed by atoms with Crippen LogP contribution in [-0.4, -0.2) is 34.7 Å². The van der Waals surface area contributed by atoms with Crippen LogP contribution in [0.5, 0.6) is 0 Å². The molecule has 0 saturated carbocycles. The average molecular weight is 480 g/mol. The highest BCUT2D eigenvalue weighted by molar-refractivity contribution is 5.95. The molecule has 0 unspecified atom stereocenters. The molecule has 3 aromatic rings. The number of nitrogens with one attached hydrogen (secondary N) is 2. The van der Waals surface area contributed by atoms with Crippen molar-refractivity contribution in [2.45, 2.75) is 58.7 Å². The van der Waals surface area contributed by atoms with Gasteiger partial charge in [-0.25, -0.2) is 0 Å². The van der Waals surface area contributed by atoms with Crippen molar-refractivity contribution >= 4 is 17.7 Å². The van der Waals surface area contributed by atoms with Gasteiger partial charge in [0, 0.05) is 5.54 Å².